The van der Waals surface area contributed by atoms with E-state index < -0.39 is 0 Å². The molecule has 3 fully saturated rings. The molecule has 0 aromatic carbocycles. The van der Waals surface area contributed by atoms with E-state index in [4.69, 9.17) is 0 Å². The Labute approximate surface area is 114 Å². The molecule has 3 aliphatic heterocycles. The van der Waals surface area contributed by atoms with Gasteiger partial charge in [-0.2, -0.15) is 0 Å². The van der Waals surface area contributed by atoms with Crippen molar-refractivity contribution in [2.45, 2.75) is 57.2 Å². The predicted octanol–water partition coefficient (Wildman–Crippen LogP) is 0.350. The van der Waals surface area contributed by atoms with E-state index in [1.807, 2.05) is 11.8 Å². The lowest BCUT2D eigenvalue weighted by Gasteiger charge is -2.38. The van der Waals surface area contributed by atoms with Crippen LogP contribution in [0.3, 0.4) is 0 Å². The first-order chi connectivity index (χ1) is 9.20. The molecule has 3 saturated heterocycles. The third kappa shape index (κ3) is 2.24. The molecular formula is C14H23N3O2. The molecule has 5 nitrogen and oxygen atoms in total. The van der Waals surface area contributed by atoms with Crippen LogP contribution in [0.25, 0.3) is 0 Å². The second-order valence-corrected chi connectivity index (χ2v) is 5.98. The standard InChI is InChI=1S/C14H23N3O2/c1-2-4-10-14(19)17(9-13(18)15-10)12-6-8-16-7-3-5-11(12)16/h10-12H,2-9H2,1H3,(H,15,18). The Kier molecular flexibility index (Phi) is 3.48. The molecule has 3 aliphatic rings. The van der Waals surface area contributed by atoms with E-state index in [1.165, 1.54) is 12.8 Å². The molecule has 3 unspecified atom stereocenters. The van der Waals surface area contributed by atoms with Gasteiger partial charge in [-0.3, -0.25) is 14.5 Å². The molecule has 19 heavy (non-hydrogen) atoms. The van der Waals surface area contributed by atoms with Crippen molar-refractivity contribution >= 4 is 11.8 Å². The molecule has 2 amide bonds. The summed E-state index contributed by atoms with van der Waals surface area (Å²) >= 11 is 0. The highest BCUT2D eigenvalue weighted by Gasteiger charge is 2.45. The van der Waals surface area contributed by atoms with Gasteiger partial charge in [-0.25, -0.2) is 0 Å². The van der Waals surface area contributed by atoms with Crippen LogP contribution < -0.4 is 5.32 Å². The van der Waals surface area contributed by atoms with Crippen LogP contribution in [-0.4, -0.2) is 59.4 Å². The van der Waals surface area contributed by atoms with Crippen molar-refractivity contribution in [2.24, 2.45) is 0 Å². The zero-order valence-corrected chi connectivity index (χ0v) is 11.6. The van der Waals surface area contributed by atoms with E-state index in [2.05, 4.69) is 10.2 Å². The van der Waals surface area contributed by atoms with Gasteiger partial charge >= 0.3 is 0 Å². The highest BCUT2D eigenvalue weighted by molar-refractivity contribution is 5.95. The number of rotatable bonds is 3. The Balaban J connectivity index is 1.75. The number of nitrogens with one attached hydrogen (secondary N) is 1. The number of hydrogen-bond acceptors (Lipinski definition) is 3. The summed E-state index contributed by atoms with van der Waals surface area (Å²) in [6.07, 6.45) is 5.11. The Bertz CT molecular complexity index is 385. The molecule has 3 atom stereocenters. The fourth-order valence-corrected chi connectivity index (χ4v) is 3.92. The van der Waals surface area contributed by atoms with Gasteiger partial charge in [0, 0.05) is 18.6 Å². The van der Waals surface area contributed by atoms with Crippen LogP contribution in [0.5, 0.6) is 0 Å². The molecule has 0 saturated carbocycles. The first-order valence-corrected chi connectivity index (χ1v) is 7.54. The van der Waals surface area contributed by atoms with E-state index in [0.717, 1.165) is 32.4 Å². The fraction of sp³-hybridized carbons (Fsp3) is 0.857. The maximum absolute atomic E-state index is 12.5. The predicted molar refractivity (Wildman–Crippen MR) is 71.6 cm³/mol. The number of nitrogens with zero attached hydrogens (tertiary/aromatic N) is 2. The summed E-state index contributed by atoms with van der Waals surface area (Å²) in [5.41, 5.74) is 0. The molecule has 106 valence electrons. The smallest absolute Gasteiger partial charge is 0.245 e. The van der Waals surface area contributed by atoms with Crippen molar-refractivity contribution in [1.29, 1.82) is 0 Å². The van der Waals surface area contributed by atoms with Crippen molar-refractivity contribution in [3.05, 3.63) is 0 Å². The summed E-state index contributed by atoms with van der Waals surface area (Å²) in [6, 6.07) is 0.472. The second-order valence-electron chi connectivity index (χ2n) is 5.98. The van der Waals surface area contributed by atoms with E-state index in [1.54, 1.807) is 0 Å². The molecule has 1 N–H and O–H groups in total. The van der Waals surface area contributed by atoms with Gasteiger partial charge in [0.2, 0.25) is 11.8 Å². The molecule has 5 heteroatoms. The maximum Gasteiger partial charge on any atom is 0.245 e. The summed E-state index contributed by atoms with van der Waals surface area (Å²) < 4.78 is 0. The van der Waals surface area contributed by atoms with Crippen LogP contribution in [0.1, 0.15) is 39.0 Å². The van der Waals surface area contributed by atoms with Crippen LogP contribution in [0, 0.1) is 0 Å². The molecule has 3 rings (SSSR count). The zero-order valence-electron chi connectivity index (χ0n) is 11.6. The van der Waals surface area contributed by atoms with Crippen molar-refractivity contribution < 1.29 is 9.59 Å². The Morgan fingerprint density at radius 1 is 1.21 bits per heavy atom. The first kappa shape index (κ1) is 12.9. The number of piperazine rings is 1. The lowest BCUT2D eigenvalue weighted by Crippen LogP contribution is -2.62. The number of fused-ring (bicyclic) bond motifs is 1. The van der Waals surface area contributed by atoms with Gasteiger partial charge in [0.1, 0.15) is 6.04 Å². The van der Waals surface area contributed by atoms with Crippen LogP contribution in [-0.2, 0) is 9.59 Å². The molecule has 0 aliphatic carbocycles. The summed E-state index contributed by atoms with van der Waals surface area (Å²) in [7, 11) is 0. The minimum atomic E-state index is -0.290. The van der Waals surface area contributed by atoms with Gasteiger partial charge in [0.25, 0.3) is 0 Å². The third-order valence-electron chi connectivity index (χ3n) is 4.78. The second kappa shape index (κ2) is 5.12. The number of amides is 2. The number of carbonyl (C=O) groups excluding carboxylic acids is 2. The average Bonchev–Trinajstić information content (AvgIpc) is 2.96. The fourth-order valence-electron chi connectivity index (χ4n) is 3.92. The minimum Gasteiger partial charge on any atom is -0.343 e. The van der Waals surface area contributed by atoms with Crippen molar-refractivity contribution in [2.75, 3.05) is 19.6 Å². The monoisotopic (exact) mass is 265 g/mol. The number of carbonyl (C=O) groups is 2. The highest BCUT2D eigenvalue weighted by Crippen LogP contribution is 2.32. The van der Waals surface area contributed by atoms with Gasteiger partial charge in [0.05, 0.1) is 6.54 Å². The molecule has 0 bridgehead atoms. The molecule has 0 spiro atoms. The number of hydrogen-bond donors (Lipinski definition) is 1. The average molecular weight is 265 g/mol. The molecule has 0 radical (unpaired) electrons. The normalized spacial score (nSPS) is 35.6. The van der Waals surface area contributed by atoms with E-state index in [9.17, 15) is 9.59 Å². The van der Waals surface area contributed by atoms with Crippen molar-refractivity contribution in [3.8, 4) is 0 Å². The van der Waals surface area contributed by atoms with Gasteiger partial charge in [-0.05, 0) is 32.2 Å². The maximum atomic E-state index is 12.5. The van der Waals surface area contributed by atoms with Gasteiger partial charge in [-0.1, -0.05) is 13.3 Å². The highest BCUT2D eigenvalue weighted by atomic mass is 16.2. The summed E-state index contributed by atoms with van der Waals surface area (Å²) in [6.45, 7) is 4.55. The Morgan fingerprint density at radius 2 is 2.05 bits per heavy atom. The SMILES string of the molecule is CCCC1NC(=O)CN(C2CCN3CCCC23)C1=O. The third-order valence-corrected chi connectivity index (χ3v) is 4.78. The largest absolute Gasteiger partial charge is 0.343 e. The van der Waals surface area contributed by atoms with Gasteiger partial charge < -0.3 is 10.2 Å². The summed E-state index contributed by atoms with van der Waals surface area (Å²) in [5.74, 6) is 0.148. The lowest BCUT2D eigenvalue weighted by molar-refractivity contribution is -0.147. The van der Waals surface area contributed by atoms with E-state index in [-0.39, 0.29) is 30.4 Å². The molecule has 3 heterocycles. The molecule has 0 aromatic heterocycles. The van der Waals surface area contributed by atoms with Crippen LogP contribution in [0.2, 0.25) is 0 Å². The summed E-state index contributed by atoms with van der Waals surface area (Å²) in [4.78, 5) is 28.7. The van der Waals surface area contributed by atoms with Crippen LogP contribution in [0.15, 0.2) is 0 Å². The van der Waals surface area contributed by atoms with Gasteiger partial charge in [0.15, 0.2) is 0 Å². The summed E-state index contributed by atoms with van der Waals surface area (Å²) in [5, 5.41) is 2.84. The molecule has 0 aromatic rings. The Hall–Kier alpha value is -1.10. The van der Waals surface area contributed by atoms with E-state index in [0.29, 0.717) is 6.04 Å². The first-order valence-electron chi connectivity index (χ1n) is 7.54. The van der Waals surface area contributed by atoms with Gasteiger partial charge in [-0.15, -0.1) is 0 Å². The van der Waals surface area contributed by atoms with Crippen molar-refractivity contribution in [1.82, 2.24) is 15.1 Å². The van der Waals surface area contributed by atoms with Crippen molar-refractivity contribution in [3.63, 3.8) is 0 Å². The quantitative estimate of drug-likeness (QED) is 0.801. The Morgan fingerprint density at radius 3 is 2.84 bits per heavy atom. The van der Waals surface area contributed by atoms with Crippen LogP contribution >= 0.6 is 0 Å². The van der Waals surface area contributed by atoms with E-state index >= 15 is 0 Å². The molecular weight excluding hydrogens is 242 g/mol. The zero-order chi connectivity index (χ0) is 13.4. The topological polar surface area (TPSA) is 52.7 Å². The minimum absolute atomic E-state index is 0.00879. The van der Waals surface area contributed by atoms with Crippen LogP contribution in [0.4, 0.5) is 0 Å². The lowest BCUT2D eigenvalue weighted by atomic mass is 10.0.